The van der Waals surface area contributed by atoms with E-state index in [1.807, 2.05) is 6.07 Å². The molecule has 3 atom stereocenters. The number of amides is 2. The fraction of sp³-hybridized carbons (Fsp3) is 0.471. The van der Waals surface area contributed by atoms with Crippen molar-refractivity contribution in [1.29, 1.82) is 5.26 Å². The third kappa shape index (κ3) is 6.23. The van der Waals surface area contributed by atoms with E-state index in [-0.39, 0.29) is 32.4 Å². The Balaban J connectivity index is 1.88. The molecule has 3 N–H and O–H groups in total. The molecule has 0 aliphatic carbocycles. The maximum Gasteiger partial charge on any atom is 0.475 e. The number of carbonyl (C=O) groups excluding carboxylic acids is 2. The Labute approximate surface area is 156 Å². The second kappa shape index (κ2) is 9.90. The Morgan fingerprint density at radius 1 is 1.41 bits per heavy atom. The number of likely N-dealkylation sites (tertiary alicyclic amines) is 1. The van der Waals surface area contributed by atoms with Gasteiger partial charge >= 0.3 is 13.2 Å². The lowest BCUT2D eigenvalue weighted by atomic mass is 9.76. The van der Waals surface area contributed by atoms with Crippen LogP contribution in [0.25, 0.3) is 0 Å². The number of hydrogen-bond donors (Lipinski definition) is 3. The third-order valence-corrected chi connectivity index (χ3v) is 4.28. The van der Waals surface area contributed by atoms with Crippen molar-refractivity contribution >= 4 is 19.1 Å². The summed E-state index contributed by atoms with van der Waals surface area (Å²) in [7, 11) is -1.80. The molecule has 1 aliphatic rings. The number of alkyl carbamates (subject to hydrolysis) is 1. The van der Waals surface area contributed by atoms with Gasteiger partial charge < -0.3 is 25.0 Å². The van der Waals surface area contributed by atoms with Gasteiger partial charge in [0.15, 0.2) is 0 Å². The average Bonchev–Trinajstić information content (AvgIpc) is 3.01. The van der Waals surface area contributed by atoms with Crippen LogP contribution in [0.1, 0.15) is 18.4 Å². The summed E-state index contributed by atoms with van der Waals surface area (Å²) in [5.41, 5.74) is 0.792. The van der Waals surface area contributed by atoms with Gasteiger partial charge in [0.25, 0.3) is 0 Å². The number of carbonyl (C=O) groups is 2. The number of hydrogen-bond acceptors (Lipinski definition) is 6. The minimum Gasteiger partial charge on any atom is -0.447 e. The summed E-state index contributed by atoms with van der Waals surface area (Å²) in [4.78, 5) is 25.0. The third-order valence-electron chi connectivity index (χ3n) is 4.28. The summed E-state index contributed by atoms with van der Waals surface area (Å²) in [5.74, 6) is -1.51. The molecule has 27 heavy (non-hydrogen) atoms. The molecule has 2 rings (SSSR count). The van der Waals surface area contributed by atoms with Crippen LogP contribution in [0.5, 0.6) is 0 Å². The number of rotatable bonds is 7. The van der Waals surface area contributed by atoms with E-state index in [0.29, 0.717) is 0 Å². The van der Waals surface area contributed by atoms with E-state index in [0.717, 1.165) is 5.56 Å². The molecule has 0 spiro atoms. The van der Waals surface area contributed by atoms with Crippen LogP contribution in [0.4, 0.5) is 9.18 Å². The lowest BCUT2D eigenvalue weighted by molar-refractivity contribution is -0.131. The summed E-state index contributed by atoms with van der Waals surface area (Å²) >= 11 is 0. The Morgan fingerprint density at radius 2 is 2.11 bits per heavy atom. The highest BCUT2D eigenvalue weighted by atomic mass is 19.1. The van der Waals surface area contributed by atoms with E-state index in [1.165, 1.54) is 4.90 Å². The Morgan fingerprint density at radius 3 is 2.74 bits per heavy atom. The van der Waals surface area contributed by atoms with Gasteiger partial charge in [-0.05, 0) is 12.0 Å². The molecule has 0 unspecified atom stereocenters. The standard InChI is InChI=1S/C17H21BFN3O5/c19-13-9-14(22(10-13)16(23)6-7-20)11-27-17(24)21-15(18(25)26)8-12-4-2-1-3-5-12/h1-5,13-15,25-26H,6,8-11H2,(H,21,24)/t13-,14+,15-/m0/s1. The van der Waals surface area contributed by atoms with Crippen LogP contribution in [-0.2, 0) is 16.0 Å². The summed E-state index contributed by atoms with van der Waals surface area (Å²) < 4.78 is 18.6. The van der Waals surface area contributed by atoms with E-state index in [9.17, 15) is 24.0 Å². The molecule has 0 bridgehead atoms. The molecular formula is C17H21BFN3O5. The van der Waals surface area contributed by atoms with Gasteiger partial charge in [0.1, 0.15) is 19.2 Å². The molecular weight excluding hydrogens is 356 g/mol. The van der Waals surface area contributed by atoms with Crippen molar-refractivity contribution in [3.05, 3.63) is 35.9 Å². The highest BCUT2D eigenvalue weighted by molar-refractivity contribution is 6.43. The first-order valence-corrected chi connectivity index (χ1v) is 8.54. The second-order valence-corrected chi connectivity index (χ2v) is 6.32. The van der Waals surface area contributed by atoms with Crippen molar-refractivity contribution in [2.75, 3.05) is 13.2 Å². The van der Waals surface area contributed by atoms with E-state index < -0.39 is 37.3 Å². The maximum absolute atomic E-state index is 13.6. The molecule has 1 saturated heterocycles. The first-order chi connectivity index (χ1) is 12.9. The van der Waals surface area contributed by atoms with Gasteiger partial charge in [-0.2, -0.15) is 5.26 Å². The van der Waals surface area contributed by atoms with Gasteiger partial charge in [0.2, 0.25) is 5.91 Å². The summed E-state index contributed by atoms with van der Waals surface area (Å²) in [6.45, 7) is -0.384. The average molecular weight is 377 g/mol. The van der Waals surface area contributed by atoms with Crippen LogP contribution in [0.3, 0.4) is 0 Å². The summed E-state index contributed by atoms with van der Waals surface area (Å²) in [6, 6.07) is 10.0. The second-order valence-electron chi connectivity index (χ2n) is 6.32. The van der Waals surface area contributed by atoms with Crippen molar-refractivity contribution in [3.63, 3.8) is 0 Å². The fourth-order valence-electron chi connectivity index (χ4n) is 2.96. The zero-order chi connectivity index (χ0) is 19.8. The van der Waals surface area contributed by atoms with Gasteiger partial charge in [-0.25, -0.2) is 9.18 Å². The summed E-state index contributed by atoms with van der Waals surface area (Å²) in [6.07, 6.45) is -2.32. The zero-order valence-electron chi connectivity index (χ0n) is 14.6. The van der Waals surface area contributed by atoms with Crippen molar-refractivity contribution in [2.45, 2.75) is 37.4 Å². The summed E-state index contributed by atoms with van der Waals surface area (Å²) in [5, 5.41) is 29.9. The molecule has 10 heteroatoms. The first kappa shape index (κ1) is 20.7. The van der Waals surface area contributed by atoms with Gasteiger partial charge in [-0.15, -0.1) is 0 Å². The topological polar surface area (TPSA) is 123 Å². The highest BCUT2D eigenvalue weighted by Gasteiger charge is 2.36. The quantitative estimate of drug-likeness (QED) is 0.583. The molecule has 1 aromatic rings. The van der Waals surface area contributed by atoms with Crippen molar-refractivity contribution in [2.24, 2.45) is 0 Å². The number of nitrogens with zero attached hydrogens (tertiary/aromatic N) is 2. The van der Waals surface area contributed by atoms with Gasteiger partial charge in [-0.1, -0.05) is 30.3 Å². The van der Waals surface area contributed by atoms with Crippen LogP contribution in [0, 0.1) is 11.3 Å². The van der Waals surface area contributed by atoms with Crippen molar-refractivity contribution in [1.82, 2.24) is 10.2 Å². The lowest BCUT2D eigenvalue weighted by Gasteiger charge is -2.24. The first-order valence-electron chi connectivity index (χ1n) is 8.54. The highest BCUT2D eigenvalue weighted by Crippen LogP contribution is 2.21. The number of benzene rings is 1. The van der Waals surface area contributed by atoms with Gasteiger partial charge in [0.05, 0.1) is 24.6 Å². The van der Waals surface area contributed by atoms with E-state index in [2.05, 4.69) is 5.32 Å². The molecule has 1 heterocycles. The Hall–Kier alpha value is -2.64. The Bertz CT molecular complexity index is 685. The van der Waals surface area contributed by atoms with Crippen LogP contribution >= 0.6 is 0 Å². The fourth-order valence-corrected chi connectivity index (χ4v) is 2.96. The molecule has 0 radical (unpaired) electrons. The monoisotopic (exact) mass is 377 g/mol. The molecule has 1 fully saturated rings. The van der Waals surface area contributed by atoms with E-state index in [1.54, 1.807) is 30.3 Å². The lowest BCUT2D eigenvalue weighted by Crippen LogP contribution is -2.49. The number of nitriles is 1. The molecule has 1 aliphatic heterocycles. The van der Waals surface area contributed by atoms with E-state index >= 15 is 0 Å². The van der Waals surface area contributed by atoms with Gasteiger partial charge in [-0.3, -0.25) is 4.79 Å². The predicted molar refractivity (Wildman–Crippen MR) is 93.9 cm³/mol. The molecule has 2 amide bonds. The number of ether oxygens (including phenoxy) is 1. The zero-order valence-corrected chi connectivity index (χ0v) is 14.6. The van der Waals surface area contributed by atoms with Crippen LogP contribution in [-0.4, -0.2) is 65.4 Å². The van der Waals surface area contributed by atoms with Crippen molar-refractivity contribution in [3.8, 4) is 6.07 Å². The van der Waals surface area contributed by atoms with Crippen molar-refractivity contribution < 1.29 is 28.8 Å². The minimum atomic E-state index is -1.80. The van der Waals surface area contributed by atoms with Crippen LogP contribution in [0.2, 0.25) is 0 Å². The SMILES string of the molecule is N#CCC(=O)N1C[C@@H](F)C[C@@H]1COC(=O)N[C@@H](Cc1ccccc1)B(O)O. The van der Waals surface area contributed by atoms with Crippen LogP contribution < -0.4 is 5.32 Å². The minimum absolute atomic E-state index is 0.0144. The molecule has 0 saturated carbocycles. The largest absolute Gasteiger partial charge is 0.475 e. The smallest absolute Gasteiger partial charge is 0.447 e. The molecule has 0 aromatic heterocycles. The number of alkyl halides is 1. The molecule has 8 nitrogen and oxygen atoms in total. The number of halogens is 1. The van der Waals surface area contributed by atoms with Gasteiger partial charge in [0, 0.05) is 6.42 Å². The maximum atomic E-state index is 13.6. The van der Waals surface area contributed by atoms with Crippen LogP contribution in [0.15, 0.2) is 30.3 Å². The number of nitrogens with one attached hydrogen (secondary N) is 1. The van der Waals surface area contributed by atoms with E-state index in [4.69, 9.17) is 10.00 Å². The molecule has 144 valence electrons. The normalized spacial score (nSPS) is 19.9. The Kier molecular flexibility index (Phi) is 7.58. The molecule has 1 aromatic carbocycles. The predicted octanol–water partition coefficient (Wildman–Crippen LogP) is 0.189.